The van der Waals surface area contributed by atoms with Crippen molar-refractivity contribution in [2.24, 2.45) is 10.7 Å². The molecule has 3 N–H and O–H groups in total. The summed E-state index contributed by atoms with van der Waals surface area (Å²) >= 11 is 0. The van der Waals surface area contributed by atoms with E-state index in [9.17, 15) is 9.59 Å². The topological polar surface area (TPSA) is 157 Å². The molecule has 0 saturated heterocycles. The van der Waals surface area contributed by atoms with E-state index in [0.717, 1.165) is 0 Å². The lowest BCUT2D eigenvalue weighted by Gasteiger charge is -2.32. The molecule has 3 aromatic rings. The fourth-order valence-corrected chi connectivity index (χ4v) is 2.94. The van der Waals surface area contributed by atoms with Crippen LogP contribution in [0.15, 0.2) is 48.1 Å². The minimum atomic E-state index is -0.923. The monoisotopic (exact) mass is 406 g/mol. The molecule has 0 bridgehead atoms. The summed E-state index contributed by atoms with van der Waals surface area (Å²) in [5.74, 6) is -0.0558. The predicted octanol–water partition coefficient (Wildman–Crippen LogP) is 0.0966. The van der Waals surface area contributed by atoms with Crippen molar-refractivity contribution < 1.29 is 9.59 Å². The molecule has 152 valence electrons. The van der Waals surface area contributed by atoms with Crippen LogP contribution in [0.1, 0.15) is 29.5 Å². The Morgan fingerprint density at radius 2 is 2.07 bits per heavy atom. The highest BCUT2D eigenvalue weighted by Crippen LogP contribution is 2.32. The summed E-state index contributed by atoms with van der Waals surface area (Å²) < 4.78 is 1.43. The molecule has 1 aliphatic heterocycles. The van der Waals surface area contributed by atoms with E-state index >= 15 is 0 Å². The zero-order valence-electron chi connectivity index (χ0n) is 16.2. The van der Waals surface area contributed by atoms with E-state index in [2.05, 4.69) is 35.6 Å². The third-order valence-corrected chi connectivity index (χ3v) is 4.67. The summed E-state index contributed by atoms with van der Waals surface area (Å²) in [6.45, 7) is 1.77. The van der Waals surface area contributed by atoms with Crippen LogP contribution in [0.4, 0.5) is 5.69 Å². The van der Waals surface area contributed by atoms with Gasteiger partial charge in [0.15, 0.2) is 11.8 Å². The van der Waals surface area contributed by atoms with Crippen molar-refractivity contribution in [3.05, 3.63) is 54.5 Å². The zero-order valence-corrected chi connectivity index (χ0v) is 16.2. The van der Waals surface area contributed by atoms with Gasteiger partial charge in [-0.2, -0.15) is 0 Å². The van der Waals surface area contributed by atoms with Crippen molar-refractivity contribution in [3.8, 4) is 5.82 Å². The van der Waals surface area contributed by atoms with Crippen molar-refractivity contribution in [1.29, 1.82) is 0 Å². The number of nitrogens with one attached hydrogen (secondary N) is 1. The standard InChI is InChI=1S/C18H18N10O2/c1-18(8-15(29)27(2)17(19)25-18)13-7-11(3-4-20-13)24-16(30)12-9-22-14(10-21-12)28-6-5-23-26-28/h3-7,9-10H,8H2,1-2H3,(H2,19,25)(H,20,24,30). The molecule has 0 aliphatic carbocycles. The second kappa shape index (κ2) is 7.31. The molecule has 0 radical (unpaired) electrons. The lowest BCUT2D eigenvalue weighted by Crippen LogP contribution is -2.47. The molecule has 0 aromatic carbocycles. The summed E-state index contributed by atoms with van der Waals surface area (Å²) in [5, 5.41) is 10.3. The minimum absolute atomic E-state index is 0.115. The van der Waals surface area contributed by atoms with Gasteiger partial charge in [0.1, 0.15) is 11.2 Å². The van der Waals surface area contributed by atoms with E-state index in [4.69, 9.17) is 5.73 Å². The van der Waals surface area contributed by atoms with Crippen LogP contribution in [0.5, 0.6) is 0 Å². The number of carbonyl (C=O) groups excluding carboxylic acids is 2. The Morgan fingerprint density at radius 1 is 1.23 bits per heavy atom. The van der Waals surface area contributed by atoms with Gasteiger partial charge in [0.2, 0.25) is 5.91 Å². The molecule has 1 unspecified atom stereocenters. The van der Waals surface area contributed by atoms with Crippen molar-refractivity contribution in [2.45, 2.75) is 18.9 Å². The minimum Gasteiger partial charge on any atom is -0.369 e. The van der Waals surface area contributed by atoms with Crippen LogP contribution < -0.4 is 11.1 Å². The predicted molar refractivity (Wildman–Crippen MR) is 106 cm³/mol. The first-order valence-electron chi connectivity index (χ1n) is 8.94. The van der Waals surface area contributed by atoms with Gasteiger partial charge >= 0.3 is 0 Å². The molecule has 0 fully saturated rings. The maximum absolute atomic E-state index is 12.5. The van der Waals surface area contributed by atoms with Crippen molar-refractivity contribution in [2.75, 3.05) is 12.4 Å². The van der Waals surface area contributed by atoms with Crippen LogP contribution in [0.3, 0.4) is 0 Å². The Morgan fingerprint density at radius 3 is 2.73 bits per heavy atom. The number of aromatic nitrogens is 6. The van der Waals surface area contributed by atoms with Gasteiger partial charge in [0.25, 0.3) is 5.91 Å². The summed E-state index contributed by atoms with van der Waals surface area (Å²) in [6.07, 6.45) is 7.54. The highest BCUT2D eigenvalue weighted by molar-refractivity contribution is 6.02. The summed E-state index contributed by atoms with van der Waals surface area (Å²) in [4.78, 5) is 43.1. The van der Waals surface area contributed by atoms with E-state index in [1.54, 1.807) is 32.3 Å². The number of hydrogen-bond acceptors (Lipinski definition) is 9. The molecule has 12 nitrogen and oxygen atoms in total. The number of nitrogens with zero attached hydrogens (tertiary/aromatic N) is 8. The second-order valence-electron chi connectivity index (χ2n) is 6.86. The van der Waals surface area contributed by atoms with E-state index < -0.39 is 11.4 Å². The second-order valence-corrected chi connectivity index (χ2v) is 6.86. The van der Waals surface area contributed by atoms with Crippen LogP contribution >= 0.6 is 0 Å². The largest absolute Gasteiger partial charge is 0.369 e. The molecular formula is C18H18N10O2. The fraction of sp³-hybridized carbons (Fsp3) is 0.222. The van der Waals surface area contributed by atoms with Gasteiger partial charge in [0, 0.05) is 18.9 Å². The van der Waals surface area contributed by atoms with Crippen LogP contribution in [-0.4, -0.2) is 59.7 Å². The first-order chi connectivity index (χ1) is 14.4. The Labute approximate surface area is 170 Å². The van der Waals surface area contributed by atoms with Crippen molar-refractivity contribution in [3.63, 3.8) is 0 Å². The Hall–Kier alpha value is -4.22. The van der Waals surface area contributed by atoms with E-state index in [-0.39, 0.29) is 24.0 Å². The lowest BCUT2D eigenvalue weighted by atomic mass is 9.91. The highest BCUT2D eigenvalue weighted by Gasteiger charge is 2.37. The molecule has 0 spiro atoms. The third-order valence-electron chi connectivity index (χ3n) is 4.67. The normalized spacial score (nSPS) is 18.8. The van der Waals surface area contributed by atoms with Crippen LogP contribution in [-0.2, 0) is 10.3 Å². The zero-order chi connectivity index (χ0) is 21.3. The third kappa shape index (κ3) is 3.57. The van der Waals surface area contributed by atoms with Gasteiger partial charge in [0.05, 0.1) is 36.9 Å². The molecule has 0 saturated carbocycles. The number of rotatable bonds is 4. The smallest absolute Gasteiger partial charge is 0.275 e. The number of guanidine groups is 1. The van der Waals surface area contributed by atoms with Crippen LogP contribution in [0, 0.1) is 0 Å². The number of aliphatic imine (C=N–C) groups is 1. The van der Waals surface area contributed by atoms with Crippen LogP contribution in [0.2, 0.25) is 0 Å². The fourth-order valence-electron chi connectivity index (χ4n) is 2.94. The van der Waals surface area contributed by atoms with E-state index in [1.807, 2.05) is 0 Å². The Bertz CT molecular complexity index is 1130. The maximum Gasteiger partial charge on any atom is 0.275 e. The Balaban J connectivity index is 1.53. The summed E-state index contributed by atoms with van der Waals surface area (Å²) in [6, 6.07) is 3.29. The molecule has 1 aliphatic rings. The molecule has 4 rings (SSSR count). The molecule has 2 amide bonds. The van der Waals surface area contributed by atoms with Crippen LogP contribution in [0.25, 0.3) is 5.82 Å². The van der Waals surface area contributed by atoms with Gasteiger partial charge in [-0.3, -0.25) is 19.5 Å². The lowest BCUT2D eigenvalue weighted by molar-refractivity contribution is -0.128. The quantitative estimate of drug-likeness (QED) is 0.617. The average molecular weight is 406 g/mol. The van der Waals surface area contributed by atoms with Crippen molar-refractivity contribution >= 4 is 23.5 Å². The number of anilines is 1. The molecule has 30 heavy (non-hydrogen) atoms. The van der Waals surface area contributed by atoms with Gasteiger partial charge in [-0.1, -0.05) is 5.21 Å². The highest BCUT2D eigenvalue weighted by atomic mass is 16.2. The van der Waals surface area contributed by atoms with E-state index in [0.29, 0.717) is 17.2 Å². The van der Waals surface area contributed by atoms with Gasteiger partial charge in [-0.15, -0.1) is 5.10 Å². The first-order valence-corrected chi connectivity index (χ1v) is 8.94. The summed E-state index contributed by atoms with van der Waals surface area (Å²) in [7, 11) is 1.57. The van der Waals surface area contributed by atoms with Gasteiger partial charge in [-0.05, 0) is 19.1 Å². The maximum atomic E-state index is 12.5. The first kappa shape index (κ1) is 19.1. The Kier molecular flexibility index (Phi) is 4.66. The summed E-state index contributed by atoms with van der Waals surface area (Å²) in [5.41, 5.74) is 6.05. The number of amides is 2. The number of carbonyl (C=O) groups is 2. The van der Waals surface area contributed by atoms with Gasteiger partial charge < -0.3 is 11.1 Å². The molecule has 3 aromatic heterocycles. The SMILES string of the molecule is CN1C(=O)CC(C)(c2cc(NC(=O)c3cnc(-n4ccnn4)cn3)ccn2)N=C1N. The number of nitrogens with two attached hydrogens (primary N) is 1. The number of hydrogen-bond donors (Lipinski definition) is 2. The molecular weight excluding hydrogens is 388 g/mol. The number of pyridine rings is 1. The van der Waals surface area contributed by atoms with E-state index in [1.165, 1.54) is 34.4 Å². The molecule has 1 atom stereocenters. The average Bonchev–Trinajstić information content (AvgIpc) is 3.27. The van der Waals surface area contributed by atoms with Crippen molar-refractivity contribution in [1.82, 2.24) is 34.8 Å². The van der Waals surface area contributed by atoms with Gasteiger partial charge in [-0.25, -0.2) is 19.6 Å². The molecule has 12 heteroatoms. The molecule has 4 heterocycles.